The minimum absolute atomic E-state index is 0.204. The fourth-order valence-electron chi connectivity index (χ4n) is 1.61. The Balaban J connectivity index is 2.18. The van der Waals surface area contributed by atoms with Gasteiger partial charge < -0.3 is 15.2 Å². The molecule has 3 heteroatoms. The molecule has 1 aromatic carbocycles. The molecule has 0 atom stereocenters. The van der Waals surface area contributed by atoms with Gasteiger partial charge in [0, 0.05) is 12.6 Å². The Morgan fingerprint density at radius 1 is 1.18 bits per heavy atom. The van der Waals surface area contributed by atoms with Crippen molar-refractivity contribution in [3.05, 3.63) is 23.8 Å². The second-order valence-corrected chi connectivity index (χ2v) is 5.55. The van der Waals surface area contributed by atoms with Crippen molar-refractivity contribution in [3.8, 4) is 11.5 Å². The highest BCUT2D eigenvalue weighted by molar-refractivity contribution is 5.39. The van der Waals surface area contributed by atoms with Crippen molar-refractivity contribution in [1.82, 2.24) is 0 Å². The van der Waals surface area contributed by atoms with Gasteiger partial charge in [0.2, 0.25) is 0 Å². The van der Waals surface area contributed by atoms with Gasteiger partial charge in [-0.2, -0.15) is 0 Å². The lowest BCUT2D eigenvalue weighted by atomic mass is 10.1. The topological polar surface area (TPSA) is 44.5 Å². The molecular weight excluding hydrogens is 214 g/mol. The summed E-state index contributed by atoms with van der Waals surface area (Å²) in [7, 11) is 0. The third-order valence-corrected chi connectivity index (χ3v) is 2.43. The highest BCUT2D eigenvalue weighted by Gasteiger charge is 2.24. The number of benzene rings is 1. The minimum atomic E-state index is -0.204. The van der Waals surface area contributed by atoms with E-state index in [-0.39, 0.29) is 5.60 Å². The van der Waals surface area contributed by atoms with E-state index in [4.69, 9.17) is 15.2 Å². The van der Waals surface area contributed by atoms with E-state index in [2.05, 4.69) is 0 Å². The summed E-state index contributed by atoms with van der Waals surface area (Å²) in [6.45, 7) is 6.60. The van der Waals surface area contributed by atoms with Crippen LogP contribution in [0.25, 0.3) is 0 Å². The van der Waals surface area contributed by atoms with E-state index in [9.17, 15) is 0 Å². The van der Waals surface area contributed by atoms with Crippen LogP contribution >= 0.6 is 0 Å². The number of ether oxygens (including phenoxy) is 2. The van der Waals surface area contributed by atoms with Crippen LogP contribution in [0.4, 0.5) is 0 Å². The van der Waals surface area contributed by atoms with E-state index >= 15 is 0 Å². The quantitative estimate of drug-likeness (QED) is 0.872. The van der Waals surface area contributed by atoms with Gasteiger partial charge in [-0.1, -0.05) is 0 Å². The van der Waals surface area contributed by atoms with Crippen molar-refractivity contribution < 1.29 is 9.47 Å². The molecule has 3 nitrogen and oxygen atoms in total. The van der Waals surface area contributed by atoms with Crippen molar-refractivity contribution >= 4 is 0 Å². The third kappa shape index (κ3) is 3.93. The SMILES string of the molecule is CC(C)(C)Oc1cc(CN)cc(OC2CC2)c1. The summed E-state index contributed by atoms with van der Waals surface area (Å²) in [6.07, 6.45) is 2.70. The van der Waals surface area contributed by atoms with Gasteiger partial charge in [-0.25, -0.2) is 0 Å². The molecule has 0 bridgehead atoms. The summed E-state index contributed by atoms with van der Waals surface area (Å²) in [5.74, 6) is 1.70. The molecule has 0 aromatic heterocycles. The van der Waals surface area contributed by atoms with Crippen LogP contribution < -0.4 is 15.2 Å². The fraction of sp³-hybridized carbons (Fsp3) is 0.571. The molecule has 0 amide bonds. The number of nitrogens with two attached hydrogens (primary N) is 1. The second-order valence-electron chi connectivity index (χ2n) is 5.55. The molecule has 0 heterocycles. The predicted octanol–water partition coefficient (Wildman–Crippen LogP) is 2.86. The maximum Gasteiger partial charge on any atom is 0.124 e. The zero-order valence-electron chi connectivity index (χ0n) is 10.8. The first kappa shape index (κ1) is 12.2. The summed E-state index contributed by atoms with van der Waals surface area (Å²) < 4.78 is 11.6. The Morgan fingerprint density at radius 3 is 2.35 bits per heavy atom. The average Bonchev–Trinajstić information content (AvgIpc) is 2.98. The van der Waals surface area contributed by atoms with Gasteiger partial charge >= 0.3 is 0 Å². The minimum Gasteiger partial charge on any atom is -0.490 e. The normalized spacial score (nSPS) is 15.8. The van der Waals surface area contributed by atoms with Gasteiger partial charge in [0.25, 0.3) is 0 Å². The summed E-state index contributed by atoms with van der Waals surface area (Å²) in [5.41, 5.74) is 6.53. The summed E-state index contributed by atoms with van der Waals surface area (Å²) >= 11 is 0. The van der Waals surface area contributed by atoms with E-state index in [0.29, 0.717) is 12.6 Å². The monoisotopic (exact) mass is 235 g/mol. The highest BCUT2D eigenvalue weighted by atomic mass is 16.5. The van der Waals surface area contributed by atoms with Gasteiger partial charge in [0.1, 0.15) is 17.1 Å². The maximum absolute atomic E-state index is 5.85. The Hall–Kier alpha value is -1.22. The lowest BCUT2D eigenvalue weighted by Gasteiger charge is -2.22. The zero-order chi connectivity index (χ0) is 12.5. The van der Waals surface area contributed by atoms with Crippen molar-refractivity contribution in [2.24, 2.45) is 5.73 Å². The molecule has 1 aliphatic carbocycles. The molecule has 2 rings (SSSR count). The molecule has 0 radical (unpaired) electrons. The van der Waals surface area contributed by atoms with Crippen LogP contribution in [0.5, 0.6) is 11.5 Å². The summed E-state index contributed by atoms with van der Waals surface area (Å²) in [4.78, 5) is 0. The van der Waals surface area contributed by atoms with Crippen LogP contribution in [0.15, 0.2) is 18.2 Å². The first-order valence-corrected chi connectivity index (χ1v) is 6.16. The maximum atomic E-state index is 5.85. The number of hydrogen-bond acceptors (Lipinski definition) is 3. The number of hydrogen-bond donors (Lipinski definition) is 1. The summed E-state index contributed by atoms with van der Waals surface area (Å²) in [6, 6.07) is 5.92. The van der Waals surface area contributed by atoms with Crippen LogP contribution in [0.3, 0.4) is 0 Å². The molecule has 1 aliphatic rings. The third-order valence-electron chi connectivity index (χ3n) is 2.43. The van der Waals surface area contributed by atoms with Crippen LogP contribution in [0.1, 0.15) is 39.2 Å². The van der Waals surface area contributed by atoms with Crippen molar-refractivity contribution in [2.75, 3.05) is 0 Å². The molecule has 0 unspecified atom stereocenters. The standard InChI is InChI=1S/C14H21NO2/c1-14(2,3)17-13-7-10(9-15)6-12(8-13)16-11-4-5-11/h6-8,11H,4-5,9,15H2,1-3H3. The molecule has 94 valence electrons. The molecule has 0 spiro atoms. The van der Waals surface area contributed by atoms with Gasteiger partial charge in [0.15, 0.2) is 0 Å². The molecule has 1 aromatic rings. The van der Waals surface area contributed by atoms with E-state index in [1.165, 1.54) is 0 Å². The number of rotatable bonds is 4. The van der Waals surface area contributed by atoms with Crippen LogP contribution in [0.2, 0.25) is 0 Å². The average molecular weight is 235 g/mol. The highest BCUT2D eigenvalue weighted by Crippen LogP contribution is 2.31. The van der Waals surface area contributed by atoms with Gasteiger partial charge in [-0.15, -0.1) is 0 Å². The smallest absolute Gasteiger partial charge is 0.124 e. The lowest BCUT2D eigenvalue weighted by Crippen LogP contribution is -2.23. The van der Waals surface area contributed by atoms with E-state index < -0.39 is 0 Å². The summed E-state index contributed by atoms with van der Waals surface area (Å²) in [5, 5.41) is 0. The Kier molecular flexibility index (Phi) is 3.29. The van der Waals surface area contributed by atoms with Crippen LogP contribution in [-0.2, 0) is 6.54 Å². The van der Waals surface area contributed by atoms with Crippen molar-refractivity contribution in [1.29, 1.82) is 0 Å². The molecule has 17 heavy (non-hydrogen) atoms. The van der Waals surface area contributed by atoms with Gasteiger partial charge in [-0.3, -0.25) is 0 Å². The van der Waals surface area contributed by atoms with Crippen molar-refractivity contribution in [2.45, 2.75) is 51.9 Å². The molecular formula is C14H21NO2. The lowest BCUT2D eigenvalue weighted by molar-refractivity contribution is 0.130. The second kappa shape index (κ2) is 4.57. The molecule has 1 fully saturated rings. The fourth-order valence-corrected chi connectivity index (χ4v) is 1.61. The van der Waals surface area contributed by atoms with Gasteiger partial charge in [0.05, 0.1) is 6.10 Å². The Bertz CT molecular complexity index is 392. The molecule has 0 aliphatic heterocycles. The largest absolute Gasteiger partial charge is 0.490 e. The van der Waals surface area contributed by atoms with E-state index in [0.717, 1.165) is 29.9 Å². The molecule has 1 saturated carbocycles. The van der Waals surface area contributed by atoms with Crippen LogP contribution in [-0.4, -0.2) is 11.7 Å². The predicted molar refractivity (Wildman–Crippen MR) is 68.4 cm³/mol. The first-order valence-electron chi connectivity index (χ1n) is 6.16. The van der Waals surface area contributed by atoms with E-state index in [1.54, 1.807) is 0 Å². The van der Waals surface area contributed by atoms with Crippen LogP contribution in [0, 0.1) is 0 Å². The Labute approximate surface area is 103 Å². The van der Waals surface area contributed by atoms with Crippen molar-refractivity contribution in [3.63, 3.8) is 0 Å². The Morgan fingerprint density at radius 2 is 1.82 bits per heavy atom. The molecule has 0 saturated heterocycles. The first-order chi connectivity index (χ1) is 7.96. The molecule has 2 N–H and O–H groups in total. The van der Waals surface area contributed by atoms with Gasteiger partial charge in [-0.05, 0) is 51.3 Å². The zero-order valence-corrected chi connectivity index (χ0v) is 10.8. The van der Waals surface area contributed by atoms with E-state index in [1.807, 2.05) is 39.0 Å².